The summed E-state index contributed by atoms with van der Waals surface area (Å²) in [6, 6.07) is 9.93. The standard InChI is InChI=1S/C13H14ClN3O3S2/c1-17(22(19,20)13-6-3-7-21-13)9-12(18)16-15-11-5-2-4-10(14)8-11/h2-8,15H,9H2,1H3,(H,16,18). The molecule has 0 aliphatic heterocycles. The molecule has 22 heavy (non-hydrogen) atoms. The predicted molar refractivity (Wildman–Crippen MR) is 87.4 cm³/mol. The van der Waals surface area contributed by atoms with E-state index in [0.29, 0.717) is 10.7 Å². The molecule has 6 nitrogen and oxygen atoms in total. The number of carbonyl (C=O) groups excluding carboxylic acids is 1. The third kappa shape index (κ3) is 4.20. The molecule has 2 rings (SSSR count). The Kier molecular flexibility index (Phi) is 5.41. The molecule has 0 spiro atoms. The molecule has 9 heteroatoms. The third-order valence-electron chi connectivity index (χ3n) is 2.70. The van der Waals surface area contributed by atoms with Gasteiger partial charge in [-0.05, 0) is 29.6 Å². The number of amides is 1. The van der Waals surface area contributed by atoms with Gasteiger partial charge in [-0.1, -0.05) is 23.7 Å². The van der Waals surface area contributed by atoms with E-state index >= 15 is 0 Å². The third-order valence-corrected chi connectivity index (χ3v) is 6.11. The van der Waals surface area contributed by atoms with E-state index in [1.165, 1.54) is 13.1 Å². The lowest BCUT2D eigenvalue weighted by Crippen LogP contribution is -2.40. The number of nitrogens with zero attached hydrogens (tertiary/aromatic N) is 1. The topological polar surface area (TPSA) is 78.5 Å². The van der Waals surface area contributed by atoms with Gasteiger partial charge in [0.05, 0.1) is 12.2 Å². The normalized spacial score (nSPS) is 11.4. The number of sulfonamides is 1. The zero-order valence-electron chi connectivity index (χ0n) is 11.6. The van der Waals surface area contributed by atoms with Gasteiger partial charge in [-0.25, -0.2) is 8.42 Å². The molecule has 1 heterocycles. The molecule has 0 bridgehead atoms. The van der Waals surface area contributed by atoms with Crippen LogP contribution in [0.15, 0.2) is 46.0 Å². The number of nitrogens with one attached hydrogen (secondary N) is 2. The van der Waals surface area contributed by atoms with E-state index in [4.69, 9.17) is 11.6 Å². The molecule has 0 aliphatic rings. The van der Waals surface area contributed by atoms with Gasteiger partial charge in [0.1, 0.15) is 4.21 Å². The van der Waals surface area contributed by atoms with Crippen molar-refractivity contribution in [3.05, 3.63) is 46.8 Å². The van der Waals surface area contributed by atoms with E-state index in [2.05, 4.69) is 10.9 Å². The number of hydrogen-bond donors (Lipinski definition) is 2. The molecule has 2 N–H and O–H groups in total. The summed E-state index contributed by atoms with van der Waals surface area (Å²) in [6.07, 6.45) is 0. The molecule has 0 aliphatic carbocycles. The van der Waals surface area contributed by atoms with Gasteiger partial charge >= 0.3 is 0 Å². The highest BCUT2D eigenvalue weighted by atomic mass is 35.5. The van der Waals surface area contributed by atoms with Gasteiger partial charge in [0.25, 0.3) is 15.9 Å². The number of hydrazine groups is 1. The van der Waals surface area contributed by atoms with Gasteiger partial charge in [0.2, 0.25) is 0 Å². The number of likely N-dealkylation sites (N-methyl/N-ethyl adjacent to an activating group) is 1. The van der Waals surface area contributed by atoms with Crippen LogP contribution in [0, 0.1) is 0 Å². The zero-order chi connectivity index (χ0) is 16.2. The van der Waals surface area contributed by atoms with Crippen molar-refractivity contribution in [1.29, 1.82) is 0 Å². The van der Waals surface area contributed by atoms with Crippen molar-refractivity contribution >= 4 is 44.6 Å². The van der Waals surface area contributed by atoms with Crippen LogP contribution < -0.4 is 10.9 Å². The Hall–Kier alpha value is -1.61. The van der Waals surface area contributed by atoms with Crippen molar-refractivity contribution in [2.45, 2.75) is 4.21 Å². The van der Waals surface area contributed by atoms with E-state index in [-0.39, 0.29) is 10.8 Å². The number of carbonyl (C=O) groups is 1. The first-order valence-corrected chi connectivity index (χ1v) is 8.89. The van der Waals surface area contributed by atoms with Gasteiger partial charge < -0.3 is 0 Å². The van der Waals surface area contributed by atoms with Crippen LogP contribution in [-0.2, 0) is 14.8 Å². The van der Waals surface area contributed by atoms with Crippen LogP contribution in [0.25, 0.3) is 0 Å². The van der Waals surface area contributed by atoms with E-state index in [0.717, 1.165) is 15.6 Å². The smallest absolute Gasteiger partial charge is 0.253 e. The highest BCUT2D eigenvalue weighted by molar-refractivity contribution is 7.91. The van der Waals surface area contributed by atoms with Crippen molar-refractivity contribution < 1.29 is 13.2 Å². The van der Waals surface area contributed by atoms with Crippen LogP contribution in [0.5, 0.6) is 0 Å². The molecule has 0 saturated heterocycles. The summed E-state index contributed by atoms with van der Waals surface area (Å²) in [5.41, 5.74) is 5.70. The van der Waals surface area contributed by atoms with Crippen molar-refractivity contribution in [2.24, 2.45) is 0 Å². The Bertz CT molecular complexity index is 748. The monoisotopic (exact) mass is 359 g/mol. The Morgan fingerprint density at radius 3 is 2.73 bits per heavy atom. The van der Waals surface area contributed by atoms with Gasteiger partial charge in [-0.3, -0.25) is 15.6 Å². The first-order chi connectivity index (χ1) is 10.4. The largest absolute Gasteiger partial charge is 0.299 e. The van der Waals surface area contributed by atoms with Crippen LogP contribution in [0.3, 0.4) is 0 Å². The average Bonchev–Trinajstić information content (AvgIpc) is 3.00. The van der Waals surface area contributed by atoms with Crippen LogP contribution >= 0.6 is 22.9 Å². The zero-order valence-corrected chi connectivity index (χ0v) is 14.0. The molecule has 118 valence electrons. The lowest BCUT2D eigenvalue weighted by atomic mass is 10.3. The Morgan fingerprint density at radius 2 is 2.09 bits per heavy atom. The second-order valence-electron chi connectivity index (χ2n) is 4.38. The number of hydrogen-bond acceptors (Lipinski definition) is 5. The Morgan fingerprint density at radius 1 is 1.32 bits per heavy atom. The summed E-state index contributed by atoms with van der Waals surface area (Å²) in [5.74, 6) is -0.484. The maximum Gasteiger partial charge on any atom is 0.253 e. The van der Waals surface area contributed by atoms with Crippen LogP contribution in [0.1, 0.15) is 0 Å². The molecule has 0 unspecified atom stereocenters. The van der Waals surface area contributed by atoms with Gasteiger partial charge in [0, 0.05) is 12.1 Å². The number of anilines is 1. The number of benzene rings is 1. The Labute approximate surface area is 137 Å². The highest BCUT2D eigenvalue weighted by Gasteiger charge is 2.23. The summed E-state index contributed by atoms with van der Waals surface area (Å²) in [7, 11) is -2.28. The molecule has 2 aromatic rings. The summed E-state index contributed by atoms with van der Waals surface area (Å²) >= 11 is 6.93. The lowest BCUT2D eigenvalue weighted by Gasteiger charge is -2.16. The molecule has 1 amide bonds. The molecule has 0 saturated carbocycles. The SMILES string of the molecule is CN(CC(=O)NNc1cccc(Cl)c1)S(=O)(=O)c1cccs1. The van der Waals surface area contributed by atoms with Crippen molar-refractivity contribution in [2.75, 3.05) is 19.0 Å². The minimum Gasteiger partial charge on any atom is -0.299 e. The van der Waals surface area contributed by atoms with Crippen molar-refractivity contribution in [3.63, 3.8) is 0 Å². The van der Waals surface area contributed by atoms with Gasteiger partial charge in [-0.2, -0.15) is 4.31 Å². The number of thiophene rings is 1. The minimum atomic E-state index is -3.64. The minimum absolute atomic E-state index is 0.200. The van der Waals surface area contributed by atoms with Crippen molar-refractivity contribution in [3.8, 4) is 0 Å². The van der Waals surface area contributed by atoms with Crippen LogP contribution in [-0.4, -0.2) is 32.2 Å². The van der Waals surface area contributed by atoms with E-state index < -0.39 is 15.9 Å². The van der Waals surface area contributed by atoms with E-state index in [1.807, 2.05) is 0 Å². The number of rotatable bonds is 6. The first-order valence-electron chi connectivity index (χ1n) is 6.20. The average molecular weight is 360 g/mol. The van der Waals surface area contributed by atoms with Gasteiger partial charge in [-0.15, -0.1) is 11.3 Å². The molecule has 0 radical (unpaired) electrons. The fourth-order valence-electron chi connectivity index (χ4n) is 1.60. The predicted octanol–water partition coefficient (Wildman–Crippen LogP) is 2.17. The second-order valence-corrected chi connectivity index (χ2v) is 8.03. The fourth-order valence-corrected chi connectivity index (χ4v) is 4.12. The van der Waals surface area contributed by atoms with Crippen LogP contribution in [0.2, 0.25) is 5.02 Å². The van der Waals surface area contributed by atoms with E-state index in [1.54, 1.807) is 35.7 Å². The summed E-state index contributed by atoms with van der Waals surface area (Å²) in [4.78, 5) is 11.8. The van der Waals surface area contributed by atoms with Crippen LogP contribution in [0.4, 0.5) is 5.69 Å². The quantitative estimate of drug-likeness (QED) is 0.775. The molecular formula is C13H14ClN3O3S2. The summed E-state index contributed by atoms with van der Waals surface area (Å²) in [5, 5.41) is 2.19. The molecular weight excluding hydrogens is 346 g/mol. The summed E-state index contributed by atoms with van der Waals surface area (Å²) < 4.78 is 25.5. The number of halogens is 1. The first kappa shape index (κ1) is 16.8. The fraction of sp³-hybridized carbons (Fsp3) is 0.154. The molecule has 0 fully saturated rings. The maximum atomic E-state index is 12.2. The highest BCUT2D eigenvalue weighted by Crippen LogP contribution is 2.19. The van der Waals surface area contributed by atoms with Crippen molar-refractivity contribution in [1.82, 2.24) is 9.73 Å². The second kappa shape index (κ2) is 7.10. The Balaban J connectivity index is 1.92. The lowest BCUT2D eigenvalue weighted by molar-refractivity contribution is -0.120. The maximum absolute atomic E-state index is 12.2. The summed E-state index contributed by atoms with van der Waals surface area (Å²) in [6.45, 7) is -0.298. The molecule has 1 aromatic heterocycles. The molecule has 0 atom stereocenters. The van der Waals surface area contributed by atoms with Gasteiger partial charge in [0.15, 0.2) is 0 Å². The van der Waals surface area contributed by atoms with E-state index in [9.17, 15) is 13.2 Å². The molecule has 1 aromatic carbocycles.